The van der Waals surface area contributed by atoms with E-state index in [4.69, 9.17) is 21.8 Å². The minimum absolute atomic E-state index is 0.0541. The number of hydrogen-bond donors (Lipinski definition) is 0. The molecule has 2 unspecified atom stereocenters. The number of thioether (sulfide) groups is 1. The van der Waals surface area contributed by atoms with Gasteiger partial charge in [0.2, 0.25) is 14.4 Å². The van der Waals surface area contributed by atoms with Gasteiger partial charge in [0, 0.05) is 25.4 Å². The zero-order chi connectivity index (χ0) is 23.0. The van der Waals surface area contributed by atoms with E-state index in [2.05, 4.69) is 5.16 Å². The fourth-order valence-electron chi connectivity index (χ4n) is 3.17. The van der Waals surface area contributed by atoms with Crippen molar-refractivity contribution in [1.82, 2.24) is 4.31 Å². The smallest absolute Gasteiger partial charge is 0.243 e. The molecule has 0 aromatic heterocycles. The summed E-state index contributed by atoms with van der Waals surface area (Å²) in [5, 5.41) is 3.78. The van der Waals surface area contributed by atoms with Crippen LogP contribution in [0.3, 0.4) is 0 Å². The number of carbonyl (C=O) groups excluding carboxylic acids is 1. The van der Waals surface area contributed by atoms with Crippen LogP contribution >= 0.6 is 24.0 Å². The van der Waals surface area contributed by atoms with Gasteiger partial charge in [-0.25, -0.2) is 8.42 Å². The summed E-state index contributed by atoms with van der Waals surface area (Å²) in [4.78, 5) is 18.3. The molecule has 0 N–H and O–H groups in total. The Morgan fingerprint density at radius 2 is 2.00 bits per heavy atom. The number of Topliss-reactive ketones (excluding diaryl/α,β-unsaturated/α-hetero) is 1. The van der Waals surface area contributed by atoms with Crippen molar-refractivity contribution in [1.29, 1.82) is 0 Å². The molecule has 10 heteroatoms. The van der Waals surface area contributed by atoms with Crippen LogP contribution in [-0.2, 0) is 24.4 Å². The highest BCUT2D eigenvalue weighted by Gasteiger charge is 2.36. The van der Waals surface area contributed by atoms with Gasteiger partial charge < -0.3 is 9.57 Å². The van der Waals surface area contributed by atoms with Gasteiger partial charge in [0.15, 0.2) is 0 Å². The summed E-state index contributed by atoms with van der Waals surface area (Å²) in [7, 11) is -3.66. The molecule has 1 heterocycles. The van der Waals surface area contributed by atoms with Crippen LogP contribution < -0.4 is 0 Å². The second-order valence-corrected chi connectivity index (χ2v) is 11.4. The molecule has 1 aliphatic heterocycles. The van der Waals surface area contributed by atoms with Crippen molar-refractivity contribution < 1.29 is 22.8 Å². The molecule has 31 heavy (non-hydrogen) atoms. The summed E-state index contributed by atoms with van der Waals surface area (Å²) in [6, 6.07) is 6.76. The highest BCUT2D eigenvalue weighted by Crippen LogP contribution is 2.29. The summed E-state index contributed by atoms with van der Waals surface area (Å²) in [5.41, 5.74) is 1.76. The van der Waals surface area contributed by atoms with Gasteiger partial charge in [0.05, 0.1) is 22.5 Å². The molecule has 172 valence electrons. The predicted molar refractivity (Wildman–Crippen MR) is 128 cm³/mol. The maximum Gasteiger partial charge on any atom is 0.243 e. The van der Waals surface area contributed by atoms with E-state index < -0.39 is 15.9 Å². The molecular weight excluding hydrogens is 456 g/mol. The number of hydrogen-bond acceptors (Lipinski definition) is 8. The summed E-state index contributed by atoms with van der Waals surface area (Å²) in [5.74, 6) is -0.385. The molecule has 0 spiro atoms. The summed E-state index contributed by atoms with van der Waals surface area (Å²) < 4.78 is 33.3. The normalized spacial score (nSPS) is 18.3. The molecule has 1 aliphatic rings. The number of benzene rings is 1. The van der Waals surface area contributed by atoms with Crippen molar-refractivity contribution in [2.45, 2.75) is 50.7 Å². The Hall–Kier alpha value is -1.49. The molecule has 0 saturated carbocycles. The van der Waals surface area contributed by atoms with Gasteiger partial charge in [-0.15, -0.1) is 0 Å². The van der Waals surface area contributed by atoms with Crippen molar-refractivity contribution >= 4 is 49.9 Å². The monoisotopic (exact) mass is 486 g/mol. The van der Waals surface area contributed by atoms with Crippen LogP contribution in [0.4, 0.5) is 0 Å². The van der Waals surface area contributed by atoms with Crippen LogP contribution in [0.1, 0.15) is 39.2 Å². The van der Waals surface area contributed by atoms with Crippen LogP contribution in [0.2, 0.25) is 0 Å². The first-order valence-corrected chi connectivity index (χ1v) is 12.9. The quantitative estimate of drug-likeness (QED) is 0.298. The first-order valence-electron chi connectivity index (χ1n) is 10.2. The second kappa shape index (κ2) is 11.9. The van der Waals surface area contributed by atoms with Crippen molar-refractivity contribution in [3.63, 3.8) is 0 Å². The van der Waals surface area contributed by atoms with Gasteiger partial charge in [-0.1, -0.05) is 34.6 Å². The largest absolute Gasteiger partial charge is 0.479 e. The van der Waals surface area contributed by atoms with E-state index in [1.54, 1.807) is 24.3 Å². The average Bonchev–Trinajstić information content (AvgIpc) is 2.69. The fraction of sp³-hybridized carbons (Fsp3) is 0.571. The van der Waals surface area contributed by atoms with Gasteiger partial charge in [-0.3, -0.25) is 4.79 Å². The maximum absolute atomic E-state index is 13.1. The third-order valence-corrected chi connectivity index (χ3v) is 7.98. The van der Waals surface area contributed by atoms with Crippen molar-refractivity contribution in [3.8, 4) is 0 Å². The van der Waals surface area contributed by atoms with E-state index in [0.29, 0.717) is 17.4 Å². The molecule has 1 saturated heterocycles. The molecule has 1 fully saturated rings. The topological polar surface area (TPSA) is 85.3 Å². The van der Waals surface area contributed by atoms with Gasteiger partial charge >= 0.3 is 0 Å². The van der Waals surface area contributed by atoms with Crippen LogP contribution in [0, 0.1) is 12.8 Å². The molecule has 7 nitrogen and oxygen atoms in total. The standard InChI is InChI=1S/C21H30N2O5S3/c1-5-27-21(29)30-18(14-28-22-15(2)3)12-17-13-23(11-10-20(17)24)31(25,26)19-8-6-16(4)7-9-19/h6-9,17-18H,5,10-14H2,1-4H3. The molecule has 0 radical (unpaired) electrons. The summed E-state index contributed by atoms with van der Waals surface area (Å²) >= 11 is 6.56. The van der Waals surface area contributed by atoms with E-state index in [-0.39, 0.29) is 42.0 Å². The Bertz CT molecular complexity index is 896. The first kappa shape index (κ1) is 25.8. The number of rotatable bonds is 9. The van der Waals surface area contributed by atoms with Crippen molar-refractivity contribution in [2.24, 2.45) is 11.1 Å². The van der Waals surface area contributed by atoms with Crippen molar-refractivity contribution in [3.05, 3.63) is 29.8 Å². The highest BCUT2D eigenvalue weighted by atomic mass is 32.2. The number of oxime groups is 1. The lowest BCUT2D eigenvalue weighted by Crippen LogP contribution is -2.45. The van der Waals surface area contributed by atoms with Crippen molar-refractivity contribution in [2.75, 3.05) is 26.3 Å². The summed E-state index contributed by atoms with van der Waals surface area (Å²) in [6.07, 6.45) is 0.616. The van der Waals surface area contributed by atoms with E-state index >= 15 is 0 Å². The second-order valence-electron chi connectivity index (χ2n) is 7.58. The Labute approximate surface area is 194 Å². The lowest BCUT2D eigenvalue weighted by Gasteiger charge is -2.32. The van der Waals surface area contributed by atoms with Gasteiger partial charge in [0.25, 0.3) is 0 Å². The molecule has 1 aromatic rings. The SMILES string of the molecule is CCOC(=S)SC(CON=C(C)C)CC1CN(S(=O)(=O)c2ccc(C)cc2)CCC1=O. The van der Waals surface area contributed by atoms with E-state index in [0.717, 1.165) is 11.3 Å². The number of piperidine rings is 1. The van der Waals surface area contributed by atoms with Gasteiger partial charge in [0.1, 0.15) is 12.4 Å². The molecular formula is C21H30N2O5S3. The number of nitrogens with zero attached hydrogens (tertiary/aromatic N) is 2. The van der Waals surface area contributed by atoms with Crippen LogP contribution in [0.5, 0.6) is 0 Å². The van der Waals surface area contributed by atoms with Crippen LogP contribution in [0.15, 0.2) is 34.3 Å². The maximum atomic E-state index is 13.1. The number of ketones is 1. The van der Waals surface area contributed by atoms with Gasteiger partial charge in [-0.05, 0) is 58.5 Å². The lowest BCUT2D eigenvalue weighted by molar-refractivity contribution is -0.125. The Kier molecular flexibility index (Phi) is 9.92. The van der Waals surface area contributed by atoms with E-state index in [9.17, 15) is 13.2 Å². The zero-order valence-corrected chi connectivity index (χ0v) is 20.8. The lowest BCUT2D eigenvalue weighted by atomic mass is 9.93. The van der Waals surface area contributed by atoms with Crippen LogP contribution in [-0.4, -0.2) is 60.2 Å². The third kappa shape index (κ3) is 7.85. The molecule has 2 rings (SSSR count). The number of aryl methyl sites for hydroxylation is 1. The molecule has 1 aromatic carbocycles. The minimum atomic E-state index is -3.66. The number of thiocarbonyl (C=S) groups is 1. The number of carbonyl (C=O) groups is 1. The molecule has 2 atom stereocenters. The Balaban J connectivity index is 2.13. The van der Waals surface area contributed by atoms with Crippen LogP contribution in [0.25, 0.3) is 0 Å². The third-order valence-electron chi connectivity index (χ3n) is 4.73. The number of sulfonamides is 1. The Morgan fingerprint density at radius 1 is 1.32 bits per heavy atom. The Morgan fingerprint density at radius 3 is 2.61 bits per heavy atom. The van der Waals surface area contributed by atoms with E-state index in [1.807, 2.05) is 27.7 Å². The zero-order valence-electron chi connectivity index (χ0n) is 18.4. The molecule has 0 amide bonds. The molecule has 0 bridgehead atoms. The average molecular weight is 487 g/mol. The fourth-order valence-corrected chi connectivity index (χ4v) is 6.09. The number of ether oxygens (including phenoxy) is 1. The first-order chi connectivity index (χ1) is 14.6. The highest BCUT2D eigenvalue weighted by molar-refractivity contribution is 8.23. The van der Waals surface area contributed by atoms with E-state index in [1.165, 1.54) is 16.1 Å². The predicted octanol–water partition coefficient (Wildman–Crippen LogP) is 3.80. The molecule has 0 aliphatic carbocycles. The minimum Gasteiger partial charge on any atom is -0.479 e. The van der Waals surface area contributed by atoms with Gasteiger partial charge in [-0.2, -0.15) is 4.31 Å². The summed E-state index contributed by atoms with van der Waals surface area (Å²) in [6.45, 7) is 8.44.